The maximum Gasteiger partial charge on any atom is 0.418 e. The van der Waals surface area contributed by atoms with Gasteiger partial charge in [-0.3, -0.25) is 0 Å². The van der Waals surface area contributed by atoms with Crippen LogP contribution < -0.4 is 4.90 Å². The molecule has 1 aliphatic rings. The molecule has 1 aromatic carbocycles. The minimum absolute atomic E-state index is 0.0666. The quantitative estimate of drug-likeness (QED) is 0.898. The fraction of sp³-hybridized carbons (Fsp3) is 0.500. The van der Waals surface area contributed by atoms with Gasteiger partial charge in [-0.05, 0) is 43.9 Å². The van der Waals surface area contributed by atoms with E-state index in [1.807, 2.05) is 0 Å². The molecule has 1 fully saturated rings. The third kappa shape index (κ3) is 3.23. The number of alkyl halides is 3. The highest BCUT2D eigenvalue weighted by Crippen LogP contribution is 2.39. The number of hydrogen-bond acceptors (Lipinski definition) is 2. The predicted molar refractivity (Wildman–Crippen MR) is 69.0 cm³/mol. The first-order valence-corrected chi connectivity index (χ1v) is 6.52. The molecule has 0 amide bonds. The Kier molecular flexibility index (Phi) is 3.92. The van der Waals surface area contributed by atoms with Crippen molar-refractivity contribution in [1.82, 2.24) is 0 Å². The van der Waals surface area contributed by atoms with Crippen LogP contribution in [0.25, 0.3) is 0 Å². The summed E-state index contributed by atoms with van der Waals surface area (Å²) in [6, 6.07) is 3.20. The minimum Gasteiger partial charge on any atom is -0.478 e. The van der Waals surface area contributed by atoms with Gasteiger partial charge in [0.05, 0.1) is 11.1 Å². The van der Waals surface area contributed by atoms with Crippen LogP contribution in [0.3, 0.4) is 0 Å². The van der Waals surface area contributed by atoms with Crippen LogP contribution in [-0.2, 0) is 6.18 Å². The zero-order valence-electron chi connectivity index (χ0n) is 11.1. The monoisotopic (exact) mass is 287 g/mol. The van der Waals surface area contributed by atoms with Crippen molar-refractivity contribution < 1.29 is 23.1 Å². The Bertz CT molecular complexity index is 510. The normalized spacial score (nSPS) is 15.2. The maximum atomic E-state index is 13.1. The molecule has 0 bridgehead atoms. The fourth-order valence-corrected chi connectivity index (χ4v) is 2.18. The number of benzene rings is 1. The highest BCUT2D eigenvalue weighted by molar-refractivity contribution is 5.88. The van der Waals surface area contributed by atoms with Gasteiger partial charge in [-0.15, -0.1) is 0 Å². The number of halogens is 3. The molecule has 3 nitrogen and oxygen atoms in total. The first kappa shape index (κ1) is 14.7. The van der Waals surface area contributed by atoms with E-state index in [0.717, 1.165) is 12.8 Å². The maximum absolute atomic E-state index is 13.1. The molecule has 0 atom stereocenters. The number of rotatable bonds is 5. The molecule has 0 heterocycles. The lowest BCUT2D eigenvalue weighted by Crippen LogP contribution is -2.28. The van der Waals surface area contributed by atoms with Crippen LogP contribution in [0.1, 0.15) is 35.7 Å². The van der Waals surface area contributed by atoms with Crippen molar-refractivity contribution in [2.75, 3.05) is 18.0 Å². The van der Waals surface area contributed by atoms with Gasteiger partial charge >= 0.3 is 12.1 Å². The topological polar surface area (TPSA) is 40.5 Å². The highest BCUT2D eigenvalue weighted by atomic mass is 19.4. The van der Waals surface area contributed by atoms with Crippen LogP contribution in [0.2, 0.25) is 0 Å². The van der Waals surface area contributed by atoms with Crippen LogP contribution in [0.4, 0.5) is 18.9 Å². The van der Waals surface area contributed by atoms with Gasteiger partial charge in [-0.2, -0.15) is 13.2 Å². The summed E-state index contributed by atoms with van der Waals surface area (Å²) < 4.78 is 39.4. The fourth-order valence-electron chi connectivity index (χ4n) is 2.18. The first-order valence-electron chi connectivity index (χ1n) is 6.52. The summed E-state index contributed by atoms with van der Waals surface area (Å²) in [5.74, 6) is -0.900. The largest absolute Gasteiger partial charge is 0.478 e. The molecule has 0 aliphatic heterocycles. The minimum atomic E-state index is -4.56. The van der Waals surface area contributed by atoms with Crippen molar-refractivity contribution in [3.05, 3.63) is 29.3 Å². The van der Waals surface area contributed by atoms with E-state index in [0.29, 0.717) is 25.1 Å². The van der Waals surface area contributed by atoms with Gasteiger partial charge in [0.1, 0.15) is 0 Å². The van der Waals surface area contributed by atoms with Crippen molar-refractivity contribution in [2.45, 2.75) is 25.9 Å². The second-order valence-electron chi connectivity index (χ2n) is 5.02. The molecular formula is C14H16F3NO2. The van der Waals surface area contributed by atoms with Crippen LogP contribution in [0.15, 0.2) is 18.2 Å². The molecule has 2 rings (SSSR count). The van der Waals surface area contributed by atoms with Crippen LogP contribution in [0, 0.1) is 5.92 Å². The van der Waals surface area contributed by atoms with Crippen molar-refractivity contribution in [1.29, 1.82) is 0 Å². The predicted octanol–water partition coefficient (Wildman–Crippen LogP) is 3.64. The lowest BCUT2D eigenvalue weighted by molar-refractivity contribution is -0.137. The molecule has 1 aromatic rings. The van der Waals surface area contributed by atoms with Gasteiger partial charge < -0.3 is 10.0 Å². The van der Waals surface area contributed by atoms with E-state index in [9.17, 15) is 18.0 Å². The Balaban J connectivity index is 2.41. The second-order valence-corrected chi connectivity index (χ2v) is 5.02. The number of anilines is 1. The SMILES string of the molecule is CCN(CC1CC1)c1ccc(C(=O)O)cc1C(F)(F)F. The molecule has 0 unspecified atom stereocenters. The second kappa shape index (κ2) is 5.34. The number of aromatic carboxylic acids is 1. The Labute approximate surface area is 115 Å². The summed E-state index contributed by atoms with van der Waals surface area (Å²) in [7, 11) is 0. The molecule has 0 aromatic heterocycles. The van der Waals surface area contributed by atoms with Gasteiger partial charge in [0.2, 0.25) is 0 Å². The Morgan fingerprint density at radius 1 is 1.40 bits per heavy atom. The highest BCUT2D eigenvalue weighted by Gasteiger charge is 2.36. The summed E-state index contributed by atoms with van der Waals surface area (Å²) in [6.45, 7) is 2.85. The molecule has 0 saturated heterocycles. The molecule has 6 heteroatoms. The number of carbonyl (C=O) groups is 1. The summed E-state index contributed by atoms with van der Waals surface area (Å²) in [4.78, 5) is 12.5. The third-order valence-electron chi connectivity index (χ3n) is 3.45. The zero-order valence-corrected chi connectivity index (χ0v) is 11.1. The van der Waals surface area contributed by atoms with Crippen LogP contribution in [0.5, 0.6) is 0 Å². The van der Waals surface area contributed by atoms with Gasteiger partial charge in [0, 0.05) is 18.8 Å². The Morgan fingerprint density at radius 3 is 2.50 bits per heavy atom. The zero-order chi connectivity index (χ0) is 14.9. The molecular weight excluding hydrogens is 271 g/mol. The average Bonchev–Trinajstić information content (AvgIpc) is 3.18. The van der Waals surface area contributed by atoms with E-state index in [1.54, 1.807) is 11.8 Å². The summed E-state index contributed by atoms with van der Waals surface area (Å²) in [5.41, 5.74) is -1.15. The number of carboxylic acids is 1. The molecule has 1 saturated carbocycles. The van der Waals surface area contributed by atoms with Crippen molar-refractivity contribution in [3.63, 3.8) is 0 Å². The molecule has 0 radical (unpaired) electrons. The third-order valence-corrected chi connectivity index (χ3v) is 3.45. The van der Waals surface area contributed by atoms with E-state index >= 15 is 0 Å². The summed E-state index contributed by atoms with van der Waals surface area (Å²) >= 11 is 0. The standard InChI is InChI=1S/C14H16F3NO2/c1-2-18(8-9-3-4-9)12-6-5-10(13(19)20)7-11(12)14(15,16)17/h5-7,9H,2-4,8H2,1H3,(H,19,20). The van der Waals surface area contributed by atoms with Crippen LogP contribution >= 0.6 is 0 Å². The van der Waals surface area contributed by atoms with E-state index < -0.39 is 17.7 Å². The molecule has 1 aliphatic carbocycles. The van der Waals surface area contributed by atoms with Crippen molar-refractivity contribution >= 4 is 11.7 Å². The Hall–Kier alpha value is -1.72. The van der Waals surface area contributed by atoms with Gasteiger partial charge in [-0.1, -0.05) is 0 Å². The lowest BCUT2D eigenvalue weighted by atomic mass is 10.1. The Morgan fingerprint density at radius 2 is 2.05 bits per heavy atom. The first-order chi connectivity index (χ1) is 9.32. The van der Waals surface area contributed by atoms with E-state index in [2.05, 4.69) is 0 Å². The van der Waals surface area contributed by atoms with Gasteiger partial charge in [0.25, 0.3) is 0 Å². The van der Waals surface area contributed by atoms with Gasteiger partial charge in [0.15, 0.2) is 0 Å². The average molecular weight is 287 g/mol. The smallest absolute Gasteiger partial charge is 0.418 e. The molecule has 20 heavy (non-hydrogen) atoms. The molecule has 0 spiro atoms. The number of carboxylic acid groups (broad SMARTS) is 1. The van der Waals surface area contributed by atoms with Crippen molar-refractivity contribution in [3.8, 4) is 0 Å². The van der Waals surface area contributed by atoms with E-state index in [4.69, 9.17) is 5.11 Å². The number of nitrogens with zero attached hydrogens (tertiary/aromatic N) is 1. The summed E-state index contributed by atoms with van der Waals surface area (Å²) in [6.07, 6.45) is -2.46. The molecule has 110 valence electrons. The summed E-state index contributed by atoms with van der Waals surface area (Å²) in [5, 5.41) is 8.84. The van der Waals surface area contributed by atoms with Crippen LogP contribution in [-0.4, -0.2) is 24.2 Å². The van der Waals surface area contributed by atoms with Crippen molar-refractivity contribution in [2.24, 2.45) is 5.92 Å². The van der Waals surface area contributed by atoms with Gasteiger partial charge in [-0.25, -0.2) is 4.79 Å². The molecule has 1 N–H and O–H groups in total. The lowest BCUT2D eigenvalue weighted by Gasteiger charge is -2.26. The van der Waals surface area contributed by atoms with E-state index in [1.165, 1.54) is 12.1 Å². The van der Waals surface area contributed by atoms with E-state index in [-0.39, 0.29) is 11.3 Å². The number of hydrogen-bond donors (Lipinski definition) is 1.